The standard InChI is InChI=1S/C11H12N2O2S/c14-6-8-4-9-7-15-10(5-13(9)12-8)11-2-1-3-16-11/h1-4,10,14H,5-7H2/t10-/m1/s1. The summed E-state index contributed by atoms with van der Waals surface area (Å²) in [5.41, 5.74) is 1.75. The molecule has 2 aromatic rings. The second-order valence-corrected chi connectivity index (χ2v) is 4.76. The number of hydrogen-bond donors (Lipinski definition) is 1. The minimum absolute atomic E-state index is 0.0102. The van der Waals surface area contributed by atoms with Crippen molar-refractivity contribution >= 4 is 11.3 Å². The van der Waals surface area contributed by atoms with Gasteiger partial charge in [0.25, 0.3) is 0 Å². The third-order valence-electron chi connectivity index (χ3n) is 2.71. The summed E-state index contributed by atoms with van der Waals surface area (Å²) in [4.78, 5) is 1.23. The Labute approximate surface area is 97.1 Å². The van der Waals surface area contributed by atoms with Crippen molar-refractivity contribution < 1.29 is 9.84 Å². The molecular formula is C11H12N2O2S. The van der Waals surface area contributed by atoms with Crippen LogP contribution in [0.2, 0.25) is 0 Å². The predicted molar refractivity (Wildman–Crippen MR) is 60.0 cm³/mol. The summed E-state index contributed by atoms with van der Waals surface area (Å²) in [6.45, 7) is 1.29. The Morgan fingerprint density at radius 2 is 2.56 bits per heavy atom. The molecular weight excluding hydrogens is 224 g/mol. The van der Waals surface area contributed by atoms with Gasteiger partial charge < -0.3 is 9.84 Å². The van der Waals surface area contributed by atoms with Gasteiger partial charge in [-0.15, -0.1) is 11.3 Å². The third kappa shape index (κ3) is 1.67. The van der Waals surface area contributed by atoms with E-state index in [1.165, 1.54) is 4.88 Å². The summed E-state index contributed by atoms with van der Waals surface area (Å²) < 4.78 is 7.70. The third-order valence-corrected chi connectivity index (χ3v) is 3.67. The molecule has 0 saturated heterocycles. The number of rotatable bonds is 2. The van der Waals surface area contributed by atoms with Crippen LogP contribution < -0.4 is 0 Å². The van der Waals surface area contributed by atoms with Crippen molar-refractivity contribution in [2.24, 2.45) is 0 Å². The van der Waals surface area contributed by atoms with Crippen LogP contribution in [0, 0.1) is 0 Å². The van der Waals surface area contributed by atoms with Gasteiger partial charge in [-0.1, -0.05) is 6.07 Å². The number of fused-ring (bicyclic) bond motifs is 1. The second-order valence-electron chi connectivity index (χ2n) is 3.78. The molecule has 1 aliphatic rings. The van der Waals surface area contributed by atoms with Gasteiger partial charge in [-0.25, -0.2) is 0 Å². The van der Waals surface area contributed by atoms with Gasteiger partial charge in [0.05, 0.1) is 31.1 Å². The average Bonchev–Trinajstić information content (AvgIpc) is 2.96. The summed E-state index contributed by atoms with van der Waals surface area (Å²) in [7, 11) is 0. The van der Waals surface area contributed by atoms with Crippen molar-refractivity contribution in [3.05, 3.63) is 39.8 Å². The first-order valence-electron chi connectivity index (χ1n) is 5.18. The molecule has 16 heavy (non-hydrogen) atoms. The second kappa shape index (κ2) is 4.01. The summed E-state index contributed by atoms with van der Waals surface area (Å²) in [5.74, 6) is 0. The SMILES string of the molecule is OCc1cc2n(n1)C[C@H](c1cccs1)OC2. The normalized spacial score (nSPS) is 19.7. The number of aromatic nitrogens is 2. The van der Waals surface area contributed by atoms with Gasteiger partial charge in [0.1, 0.15) is 6.10 Å². The van der Waals surface area contributed by atoms with Crippen molar-refractivity contribution in [2.75, 3.05) is 0 Å². The monoisotopic (exact) mass is 236 g/mol. The van der Waals surface area contributed by atoms with Crippen molar-refractivity contribution in [3.8, 4) is 0 Å². The lowest BCUT2D eigenvalue weighted by atomic mass is 10.2. The van der Waals surface area contributed by atoms with E-state index in [1.54, 1.807) is 11.3 Å². The first kappa shape index (κ1) is 10.0. The summed E-state index contributed by atoms with van der Waals surface area (Å²) in [6, 6.07) is 6.00. The number of ether oxygens (including phenoxy) is 1. The Balaban J connectivity index is 1.85. The van der Waals surface area contributed by atoms with E-state index in [-0.39, 0.29) is 12.7 Å². The maximum absolute atomic E-state index is 9.02. The van der Waals surface area contributed by atoms with Gasteiger partial charge in [-0.2, -0.15) is 5.10 Å². The highest BCUT2D eigenvalue weighted by molar-refractivity contribution is 7.10. The van der Waals surface area contributed by atoms with E-state index in [4.69, 9.17) is 9.84 Å². The minimum atomic E-state index is -0.0102. The van der Waals surface area contributed by atoms with Crippen molar-refractivity contribution in [1.82, 2.24) is 9.78 Å². The maximum Gasteiger partial charge on any atom is 0.112 e. The van der Waals surface area contributed by atoms with E-state index in [1.807, 2.05) is 16.8 Å². The largest absolute Gasteiger partial charge is 0.390 e. The van der Waals surface area contributed by atoms with Crippen LogP contribution in [-0.4, -0.2) is 14.9 Å². The van der Waals surface area contributed by atoms with Gasteiger partial charge in [0, 0.05) is 4.88 Å². The fourth-order valence-corrected chi connectivity index (χ4v) is 2.67. The molecule has 0 bridgehead atoms. The molecule has 0 radical (unpaired) electrons. The lowest BCUT2D eigenvalue weighted by molar-refractivity contribution is 0.000944. The quantitative estimate of drug-likeness (QED) is 0.863. The maximum atomic E-state index is 9.02. The predicted octanol–water partition coefficient (Wildman–Crippen LogP) is 1.71. The van der Waals surface area contributed by atoms with E-state index in [9.17, 15) is 0 Å². The number of nitrogens with zero attached hydrogens (tertiary/aromatic N) is 2. The Hall–Kier alpha value is -1.17. The number of aliphatic hydroxyl groups excluding tert-OH is 1. The number of hydrogen-bond acceptors (Lipinski definition) is 4. The van der Waals surface area contributed by atoms with E-state index < -0.39 is 0 Å². The number of thiophene rings is 1. The zero-order chi connectivity index (χ0) is 11.0. The van der Waals surface area contributed by atoms with Crippen molar-refractivity contribution in [3.63, 3.8) is 0 Å². The van der Waals surface area contributed by atoms with Crippen LogP contribution in [0.1, 0.15) is 22.4 Å². The van der Waals surface area contributed by atoms with Gasteiger partial charge in [0.2, 0.25) is 0 Å². The van der Waals surface area contributed by atoms with Crippen LogP contribution in [0.3, 0.4) is 0 Å². The molecule has 0 aliphatic carbocycles. The van der Waals surface area contributed by atoms with Gasteiger partial charge >= 0.3 is 0 Å². The first-order valence-corrected chi connectivity index (χ1v) is 6.06. The Morgan fingerprint density at radius 3 is 3.31 bits per heavy atom. The minimum Gasteiger partial charge on any atom is -0.390 e. The molecule has 84 valence electrons. The highest BCUT2D eigenvalue weighted by atomic mass is 32.1. The summed E-state index contributed by atoms with van der Waals surface area (Å²) in [6.07, 6.45) is 0.0962. The highest BCUT2D eigenvalue weighted by Gasteiger charge is 2.22. The molecule has 0 fully saturated rings. The van der Waals surface area contributed by atoms with Crippen LogP contribution in [0.15, 0.2) is 23.6 Å². The van der Waals surface area contributed by atoms with Crippen molar-refractivity contribution in [1.29, 1.82) is 0 Å². The van der Waals surface area contributed by atoms with E-state index >= 15 is 0 Å². The van der Waals surface area contributed by atoms with E-state index in [0.29, 0.717) is 12.3 Å². The average molecular weight is 236 g/mol. The smallest absolute Gasteiger partial charge is 0.112 e. The molecule has 0 amide bonds. The zero-order valence-electron chi connectivity index (χ0n) is 8.67. The zero-order valence-corrected chi connectivity index (χ0v) is 9.48. The van der Waals surface area contributed by atoms with Crippen molar-refractivity contribution in [2.45, 2.75) is 25.9 Å². The fraction of sp³-hybridized carbons (Fsp3) is 0.364. The molecule has 5 heteroatoms. The molecule has 1 atom stereocenters. The molecule has 3 heterocycles. The number of aliphatic hydroxyl groups is 1. The van der Waals surface area contributed by atoms with Crippen LogP contribution in [-0.2, 0) is 24.5 Å². The Kier molecular flexibility index (Phi) is 2.51. The van der Waals surface area contributed by atoms with Gasteiger partial charge in [-0.3, -0.25) is 4.68 Å². The summed E-state index contributed by atoms with van der Waals surface area (Å²) in [5, 5.41) is 15.4. The molecule has 0 unspecified atom stereocenters. The van der Waals surface area contributed by atoms with Crippen LogP contribution >= 0.6 is 11.3 Å². The van der Waals surface area contributed by atoms with E-state index in [2.05, 4.69) is 16.5 Å². The van der Waals surface area contributed by atoms with Gasteiger partial charge in [-0.05, 0) is 17.5 Å². The molecule has 4 nitrogen and oxygen atoms in total. The Bertz CT molecular complexity index is 478. The summed E-state index contributed by atoms with van der Waals surface area (Å²) >= 11 is 1.70. The van der Waals surface area contributed by atoms with Crippen LogP contribution in [0.4, 0.5) is 0 Å². The molecule has 0 saturated carbocycles. The van der Waals surface area contributed by atoms with Crippen LogP contribution in [0.25, 0.3) is 0 Å². The van der Waals surface area contributed by atoms with Gasteiger partial charge in [0.15, 0.2) is 0 Å². The molecule has 2 aromatic heterocycles. The molecule has 0 aromatic carbocycles. The topological polar surface area (TPSA) is 47.3 Å². The molecule has 1 aliphatic heterocycles. The molecule has 1 N–H and O–H groups in total. The molecule has 0 spiro atoms. The lowest BCUT2D eigenvalue weighted by Crippen LogP contribution is -2.20. The lowest BCUT2D eigenvalue weighted by Gasteiger charge is -2.23. The van der Waals surface area contributed by atoms with E-state index in [0.717, 1.165) is 12.2 Å². The first-order chi connectivity index (χ1) is 7.86. The fourth-order valence-electron chi connectivity index (χ4n) is 1.91. The van der Waals surface area contributed by atoms with Crippen LogP contribution in [0.5, 0.6) is 0 Å². The Morgan fingerprint density at radius 1 is 1.62 bits per heavy atom. The molecule has 3 rings (SSSR count). The highest BCUT2D eigenvalue weighted by Crippen LogP contribution is 2.29.